The van der Waals surface area contributed by atoms with E-state index in [-0.39, 0.29) is 4.90 Å². The van der Waals surface area contributed by atoms with Crippen molar-refractivity contribution in [1.29, 1.82) is 0 Å². The van der Waals surface area contributed by atoms with Crippen molar-refractivity contribution >= 4 is 21.4 Å². The molecule has 0 fully saturated rings. The minimum atomic E-state index is -3.78. The average molecular weight is 273 g/mol. The third-order valence-corrected chi connectivity index (χ3v) is 3.48. The summed E-state index contributed by atoms with van der Waals surface area (Å²) in [6, 6.07) is 4.68. The minimum absolute atomic E-state index is 0.0439. The van der Waals surface area contributed by atoms with E-state index in [1.165, 1.54) is 6.07 Å². The Bertz CT molecular complexity index is 502. The number of nitrogens with zero attached hydrogens (tertiary/aromatic N) is 1. The first-order valence-corrected chi connectivity index (χ1v) is 7.03. The molecule has 0 bridgehead atoms. The summed E-state index contributed by atoms with van der Waals surface area (Å²) >= 11 is 0. The molecule has 0 aliphatic rings. The molecule has 18 heavy (non-hydrogen) atoms. The summed E-state index contributed by atoms with van der Waals surface area (Å²) in [5.41, 5.74) is 6.50. The molecule has 1 rings (SSSR count). The molecule has 102 valence electrons. The zero-order chi connectivity index (χ0) is 13.8. The molecule has 6 nitrogen and oxygen atoms in total. The number of methoxy groups -OCH3 is 1. The number of anilines is 2. The molecule has 0 atom stereocenters. The van der Waals surface area contributed by atoms with Crippen molar-refractivity contribution in [3.05, 3.63) is 18.2 Å². The van der Waals surface area contributed by atoms with Crippen molar-refractivity contribution in [3.8, 4) is 0 Å². The summed E-state index contributed by atoms with van der Waals surface area (Å²) in [5, 5.41) is 5.18. The van der Waals surface area contributed by atoms with Gasteiger partial charge in [0.2, 0.25) is 10.0 Å². The smallest absolute Gasteiger partial charge is 0.240 e. The Balaban J connectivity index is 3.01. The highest BCUT2D eigenvalue weighted by Gasteiger charge is 2.16. The summed E-state index contributed by atoms with van der Waals surface area (Å²) in [6.45, 7) is 1.28. The maximum absolute atomic E-state index is 11.5. The highest BCUT2D eigenvalue weighted by atomic mass is 32.2. The van der Waals surface area contributed by atoms with E-state index in [1.54, 1.807) is 26.3 Å². The van der Waals surface area contributed by atoms with Crippen LogP contribution in [-0.4, -0.2) is 35.7 Å². The third-order valence-electron chi connectivity index (χ3n) is 2.54. The lowest BCUT2D eigenvalue weighted by molar-refractivity contribution is 0.196. The normalized spacial score (nSPS) is 11.5. The number of nitrogen functional groups attached to an aromatic ring is 1. The van der Waals surface area contributed by atoms with Gasteiger partial charge in [0.25, 0.3) is 0 Å². The molecule has 0 aliphatic carbocycles. The van der Waals surface area contributed by atoms with Crippen LogP contribution in [0.4, 0.5) is 11.4 Å². The Morgan fingerprint density at radius 1 is 1.39 bits per heavy atom. The molecule has 1 aromatic rings. The van der Waals surface area contributed by atoms with Gasteiger partial charge in [-0.3, -0.25) is 0 Å². The van der Waals surface area contributed by atoms with Gasteiger partial charge < -0.3 is 15.4 Å². The van der Waals surface area contributed by atoms with Crippen molar-refractivity contribution in [2.75, 3.05) is 37.9 Å². The van der Waals surface area contributed by atoms with Crippen LogP contribution < -0.4 is 15.8 Å². The quantitative estimate of drug-likeness (QED) is 0.577. The molecule has 4 N–H and O–H groups in total. The molecule has 0 unspecified atom stereocenters. The van der Waals surface area contributed by atoms with Crippen molar-refractivity contribution in [3.63, 3.8) is 0 Å². The number of primary sulfonamides is 1. The van der Waals surface area contributed by atoms with E-state index in [1.807, 2.05) is 4.90 Å². The molecule has 0 heterocycles. The topological polar surface area (TPSA) is 98.7 Å². The number of sulfonamides is 1. The average Bonchev–Trinajstić information content (AvgIpc) is 2.28. The van der Waals surface area contributed by atoms with Crippen LogP contribution in [0.1, 0.15) is 6.42 Å². The molecule has 0 spiro atoms. The van der Waals surface area contributed by atoms with E-state index in [4.69, 9.17) is 15.6 Å². The van der Waals surface area contributed by atoms with E-state index in [2.05, 4.69) is 0 Å². The summed E-state index contributed by atoms with van der Waals surface area (Å²) in [7, 11) is -0.359. The summed E-state index contributed by atoms with van der Waals surface area (Å²) in [5.74, 6) is 0. The fraction of sp³-hybridized carbons (Fsp3) is 0.455. The molecule has 1 aromatic carbocycles. The monoisotopic (exact) mass is 273 g/mol. The molecule has 0 amide bonds. The Labute approximate surface area is 108 Å². The predicted octanol–water partition coefficient (Wildman–Crippen LogP) is 0.389. The SMILES string of the molecule is COCCCN(C)c1ccc(N)cc1S(N)(=O)=O. The lowest BCUT2D eigenvalue weighted by atomic mass is 10.2. The first kappa shape index (κ1) is 14.7. The van der Waals surface area contributed by atoms with Gasteiger partial charge in [-0.05, 0) is 24.6 Å². The zero-order valence-corrected chi connectivity index (χ0v) is 11.4. The van der Waals surface area contributed by atoms with Gasteiger partial charge in [0.05, 0.1) is 5.69 Å². The highest BCUT2D eigenvalue weighted by Crippen LogP contribution is 2.25. The largest absolute Gasteiger partial charge is 0.399 e. The molecular weight excluding hydrogens is 254 g/mol. The molecule has 0 aromatic heterocycles. The molecule has 0 aliphatic heterocycles. The Hall–Kier alpha value is -1.31. The number of hydrogen-bond donors (Lipinski definition) is 2. The molecular formula is C11H19N3O3S. The lowest BCUT2D eigenvalue weighted by Gasteiger charge is -2.21. The van der Waals surface area contributed by atoms with Crippen LogP contribution in [0.5, 0.6) is 0 Å². The number of benzene rings is 1. The second-order valence-electron chi connectivity index (χ2n) is 4.04. The number of ether oxygens (including phenoxy) is 1. The Kier molecular flexibility index (Phi) is 4.94. The van der Waals surface area contributed by atoms with Gasteiger partial charge in [0, 0.05) is 33.0 Å². The summed E-state index contributed by atoms with van der Waals surface area (Å²) in [6.07, 6.45) is 0.793. The summed E-state index contributed by atoms with van der Waals surface area (Å²) in [4.78, 5) is 1.86. The second kappa shape index (κ2) is 6.03. The first-order chi connectivity index (χ1) is 8.36. The molecule has 0 saturated heterocycles. The van der Waals surface area contributed by atoms with Crippen molar-refractivity contribution < 1.29 is 13.2 Å². The molecule has 0 radical (unpaired) electrons. The number of nitrogens with two attached hydrogens (primary N) is 2. The fourth-order valence-corrected chi connectivity index (χ4v) is 2.46. The van der Waals surface area contributed by atoms with E-state index in [0.29, 0.717) is 24.5 Å². The molecule has 7 heteroatoms. The van der Waals surface area contributed by atoms with Crippen LogP contribution in [0.15, 0.2) is 23.1 Å². The highest BCUT2D eigenvalue weighted by molar-refractivity contribution is 7.89. The second-order valence-corrected chi connectivity index (χ2v) is 5.57. The van der Waals surface area contributed by atoms with Crippen LogP contribution in [-0.2, 0) is 14.8 Å². The van der Waals surface area contributed by atoms with Crippen LogP contribution in [0, 0.1) is 0 Å². The van der Waals surface area contributed by atoms with Crippen LogP contribution >= 0.6 is 0 Å². The number of hydrogen-bond acceptors (Lipinski definition) is 5. The minimum Gasteiger partial charge on any atom is -0.399 e. The van der Waals surface area contributed by atoms with Crippen LogP contribution in [0.2, 0.25) is 0 Å². The van der Waals surface area contributed by atoms with Gasteiger partial charge >= 0.3 is 0 Å². The van der Waals surface area contributed by atoms with Gasteiger partial charge in [0.15, 0.2) is 0 Å². The van der Waals surface area contributed by atoms with Gasteiger partial charge in [-0.15, -0.1) is 0 Å². The van der Waals surface area contributed by atoms with Gasteiger partial charge in [-0.2, -0.15) is 0 Å². The van der Waals surface area contributed by atoms with E-state index in [9.17, 15) is 8.42 Å². The van der Waals surface area contributed by atoms with Crippen LogP contribution in [0.3, 0.4) is 0 Å². The maximum atomic E-state index is 11.5. The lowest BCUT2D eigenvalue weighted by Crippen LogP contribution is -2.24. The van der Waals surface area contributed by atoms with E-state index >= 15 is 0 Å². The standard InChI is InChI=1S/C11H19N3O3S/c1-14(6-3-7-17-2)10-5-4-9(12)8-11(10)18(13,15)16/h4-5,8H,3,6-7,12H2,1-2H3,(H2,13,15,16). The predicted molar refractivity (Wildman–Crippen MR) is 72.0 cm³/mol. The third kappa shape index (κ3) is 3.86. The Morgan fingerprint density at radius 2 is 2.06 bits per heavy atom. The van der Waals surface area contributed by atoms with Crippen molar-refractivity contribution in [2.24, 2.45) is 5.14 Å². The van der Waals surface area contributed by atoms with Crippen molar-refractivity contribution in [2.45, 2.75) is 11.3 Å². The van der Waals surface area contributed by atoms with E-state index in [0.717, 1.165) is 6.42 Å². The van der Waals surface area contributed by atoms with Crippen molar-refractivity contribution in [1.82, 2.24) is 0 Å². The van der Waals surface area contributed by atoms with E-state index < -0.39 is 10.0 Å². The first-order valence-electron chi connectivity index (χ1n) is 5.48. The van der Waals surface area contributed by atoms with Gasteiger partial charge in [0.1, 0.15) is 4.90 Å². The molecule has 0 saturated carbocycles. The maximum Gasteiger partial charge on any atom is 0.240 e. The van der Waals surface area contributed by atoms with Crippen LogP contribution in [0.25, 0.3) is 0 Å². The van der Waals surface area contributed by atoms with Gasteiger partial charge in [-0.25, -0.2) is 13.6 Å². The fourth-order valence-electron chi connectivity index (χ4n) is 1.64. The number of rotatable bonds is 6. The van der Waals surface area contributed by atoms with Gasteiger partial charge in [-0.1, -0.05) is 0 Å². The Morgan fingerprint density at radius 3 is 2.61 bits per heavy atom. The zero-order valence-electron chi connectivity index (χ0n) is 10.6. The summed E-state index contributed by atoms with van der Waals surface area (Å²) < 4.78 is 28.0.